The van der Waals surface area contributed by atoms with E-state index in [1.54, 1.807) is 0 Å². The first-order valence-electron chi connectivity index (χ1n) is 4.81. The average Bonchev–Trinajstić information content (AvgIpc) is 2.56. The fourth-order valence-electron chi connectivity index (χ4n) is 1.33. The van der Waals surface area contributed by atoms with E-state index < -0.39 is 0 Å². The first-order valence-corrected chi connectivity index (χ1v) is 4.81. The average molecular weight is 175 g/mol. The number of aryl methyl sites for hydroxylation is 2. The summed E-state index contributed by atoms with van der Waals surface area (Å²) in [6, 6.07) is 4.42. The third-order valence-corrected chi connectivity index (χ3v) is 2.18. The van der Waals surface area contributed by atoms with E-state index in [4.69, 9.17) is 0 Å². The monoisotopic (exact) mass is 175 g/mol. The fraction of sp³-hybridized carbons (Fsp3) is 0.333. The van der Waals surface area contributed by atoms with Crippen LogP contribution in [-0.2, 0) is 0 Å². The van der Waals surface area contributed by atoms with Gasteiger partial charge in [0.2, 0.25) is 0 Å². The van der Waals surface area contributed by atoms with Crippen molar-refractivity contribution in [2.24, 2.45) is 0 Å². The summed E-state index contributed by atoms with van der Waals surface area (Å²) < 4.78 is 0. The molecular formula is C12H17N. The number of H-pyrrole nitrogens is 1. The second-order valence-electron chi connectivity index (χ2n) is 3.02. The summed E-state index contributed by atoms with van der Waals surface area (Å²) >= 11 is 0. The van der Waals surface area contributed by atoms with Gasteiger partial charge in [-0.25, -0.2) is 0 Å². The topological polar surface area (TPSA) is 15.8 Å². The number of aromatic amines is 1. The van der Waals surface area contributed by atoms with Crippen LogP contribution in [0, 0.1) is 13.8 Å². The third-order valence-electron chi connectivity index (χ3n) is 2.18. The van der Waals surface area contributed by atoms with Crippen LogP contribution in [0.1, 0.15) is 25.0 Å². The van der Waals surface area contributed by atoms with Crippen molar-refractivity contribution in [2.75, 3.05) is 0 Å². The molecule has 1 aromatic carbocycles. The number of hydrogen-bond donors (Lipinski definition) is 1. The maximum absolute atomic E-state index is 3.09. The van der Waals surface area contributed by atoms with Gasteiger partial charge in [0.1, 0.15) is 0 Å². The highest BCUT2D eigenvalue weighted by Crippen LogP contribution is 2.17. The lowest BCUT2D eigenvalue weighted by Gasteiger charge is -1.98. The molecule has 0 aliphatic carbocycles. The molecule has 2 aromatic rings. The number of fused-ring (bicyclic) bond motifs is 1. The summed E-state index contributed by atoms with van der Waals surface area (Å²) in [4.78, 5) is 3.09. The first kappa shape index (κ1) is 9.85. The van der Waals surface area contributed by atoms with Gasteiger partial charge < -0.3 is 4.98 Å². The van der Waals surface area contributed by atoms with E-state index in [9.17, 15) is 0 Å². The SMILES string of the molecule is CC.Cc1cc2c[nH]cc2cc1C. The van der Waals surface area contributed by atoms with Crippen molar-refractivity contribution in [3.8, 4) is 0 Å². The van der Waals surface area contributed by atoms with Crippen LogP contribution < -0.4 is 0 Å². The Morgan fingerprint density at radius 3 is 1.62 bits per heavy atom. The van der Waals surface area contributed by atoms with Crippen LogP contribution in [0.2, 0.25) is 0 Å². The zero-order chi connectivity index (χ0) is 9.84. The Kier molecular flexibility index (Phi) is 3.13. The Bertz CT molecular complexity index is 349. The molecule has 1 heterocycles. The lowest BCUT2D eigenvalue weighted by Crippen LogP contribution is -1.77. The van der Waals surface area contributed by atoms with Crippen LogP contribution in [0.4, 0.5) is 0 Å². The molecule has 0 amide bonds. The van der Waals surface area contributed by atoms with E-state index in [1.807, 2.05) is 26.2 Å². The Hall–Kier alpha value is -1.24. The van der Waals surface area contributed by atoms with Crippen molar-refractivity contribution in [1.82, 2.24) is 4.98 Å². The van der Waals surface area contributed by atoms with E-state index >= 15 is 0 Å². The van der Waals surface area contributed by atoms with Gasteiger partial charge in [-0.15, -0.1) is 0 Å². The zero-order valence-electron chi connectivity index (χ0n) is 8.81. The molecule has 0 spiro atoms. The highest BCUT2D eigenvalue weighted by atomic mass is 14.6. The third kappa shape index (κ3) is 1.92. The molecule has 0 saturated heterocycles. The van der Waals surface area contributed by atoms with Crippen molar-refractivity contribution in [3.05, 3.63) is 35.7 Å². The van der Waals surface area contributed by atoms with Crippen LogP contribution in [0.15, 0.2) is 24.5 Å². The number of nitrogens with one attached hydrogen (secondary N) is 1. The van der Waals surface area contributed by atoms with Gasteiger partial charge in [0.15, 0.2) is 0 Å². The number of hydrogen-bond acceptors (Lipinski definition) is 0. The summed E-state index contributed by atoms with van der Waals surface area (Å²) in [7, 11) is 0. The molecular weight excluding hydrogens is 158 g/mol. The highest BCUT2D eigenvalue weighted by molar-refractivity contribution is 5.83. The minimum Gasteiger partial charge on any atom is -0.366 e. The maximum Gasteiger partial charge on any atom is 0.00844 e. The molecule has 1 N–H and O–H groups in total. The van der Waals surface area contributed by atoms with E-state index in [-0.39, 0.29) is 0 Å². The van der Waals surface area contributed by atoms with Gasteiger partial charge in [-0.3, -0.25) is 0 Å². The number of benzene rings is 1. The van der Waals surface area contributed by atoms with Crippen LogP contribution >= 0.6 is 0 Å². The lowest BCUT2D eigenvalue weighted by atomic mass is 10.1. The van der Waals surface area contributed by atoms with Gasteiger partial charge in [0, 0.05) is 12.4 Å². The van der Waals surface area contributed by atoms with Crippen molar-refractivity contribution >= 4 is 10.8 Å². The molecule has 0 unspecified atom stereocenters. The van der Waals surface area contributed by atoms with Gasteiger partial charge in [0.05, 0.1) is 0 Å². The van der Waals surface area contributed by atoms with Crippen LogP contribution in [0.3, 0.4) is 0 Å². The summed E-state index contributed by atoms with van der Waals surface area (Å²) in [6.07, 6.45) is 4.06. The minimum atomic E-state index is 1.30. The van der Waals surface area contributed by atoms with Gasteiger partial charge in [0.25, 0.3) is 0 Å². The number of aromatic nitrogens is 1. The second kappa shape index (κ2) is 4.13. The summed E-state index contributed by atoms with van der Waals surface area (Å²) in [5, 5.41) is 2.60. The van der Waals surface area contributed by atoms with E-state index in [1.165, 1.54) is 21.9 Å². The van der Waals surface area contributed by atoms with Crippen LogP contribution in [0.25, 0.3) is 10.8 Å². The van der Waals surface area contributed by atoms with Crippen molar-refractivity contribution in [3.63, 3.8) is 0 Å². The summed E-state index contributed by atoms with van der Waals surface area (Å²) in [5.41, 5.74) is 2.72. The van der Waals surface area contributed by atoms with E-state index in [0.29, 0.717) is 0 Å². The molecule has 0 saturated carbocycles. The van der Waals surface area contributed by atoms with Crippen LogP contribution in [-0.4, -0.2) is 4.98 Å². The first-order chi connectivity index (χ1) is 6.27. The molecule has 1 aromatic heterocycles. The zero-order valence-corrected chi connectivity index (χ0v) is 8.81. The molecule has 13 heavy (non-hydrogen) atoms. The molecule has 0 radical (unpaired) electrons. The Morgan fingerprint density at radius 2 is 1.23 bits per heavy atom. The lowest BCUT2D eigenvalue weighted by molar-refractivity contribution is 1.37. The molecule has 2 rings (SSSR count). The largest absolute Gasteiger partial charge is 0.366 e. The van der Waals surface area contributed by atoms with E-state index in [0.717, 1.165) is 0 Å². The maximum atomic E-state index is 3.09. The quantitative estimate of drug-likeness (QED) is 0.626. The molecule has 70 valence electrons. The van der Waals surface area contributed by atoms with Crippen molar-refractivity contribution < 1.29 is 0 Å². The molecule has 0 atom stereocenters. The van der Waals surface area contributed by atoms with E-state index in [2.05, 4.69) is 31.0 Å². The molecule has 1 nitrogen and oxygen atoms in total. The smallest absolute Gasteiger partial charge is 0.00844 e. The van der Waals surface area contributed by atoms with Crippen molar-refractivity contribution in [1.29, 1.82) is 0 Å². The van der Waals surface area contributed by atoms with Gasteiger partial charge in [-0.1, -0.05) is 13.8 Å². The van der Waals surface area contributed by atoms with Gasteiger partial charge >= 0.3 is 0 Å². The standard InChI is InChI=1S/C10H11N.C2H6/c1-7-3-9-5-11-6-10(9)4-8(7)2;1-2/h3-6,11H,1-2H3;1-2H3. The Labute approximate surface area is 79.8 Å². The van der Waals surface area contributed by atoms with Crippen molar-refractivity contribution in [2.45, 2.75) is 27.7 Å². The molecule has 1 heteroatoms. The Morgan fingerprint density at radius 1 is 0.846 bits per heavy atom. The summed E-state index contributed by atoms with van der Waals surface area (Å²) in [6.45, 7) is 8.28. The minimum absolute atomic E-state index is 1.30. The van der Waals surface area contributed by atoms with Gasteiger partial charge in [-0.05, 0) is 47.9 Å². The summed E-state index contributed by atoms with van der Waals surface area (Å²) in [5.74, 6) is 0. The normalized spacial score (nSPS) is 9.54. The predicted octanol–water partition coefficient (Wildman–Crippen LogP) is 3.81. The van der Waals surface area contributed by atoms with Crippen LogP contribution in [0.5, 0.6) is 0 Å². The second-order valence-corrected chi connectivity index (χ2v) is 3.02. The molecule has 0 fully saturated rings. The molecule has 0 bridgehead atoms. The molecule has 0 aliphatic rings. The number of rotatable bonds is 0. The fourth-order valence-corrected chi connectivity index (χ4v) is 1.33. The predicted molar refractivity (Wildman–Crippen MR) is 59.1 cm³/mol. The molecule has 0 aliphatic heterocycles. The van der Waals surface area contributed by atoms with Gasteiger partial charge in [-0.2, -0.15) is 0 Å². The highest BCUT2D eigenvalue weighted by Gasteiger charge is 1.96. The Balaban J connectivity index is 0.000000396.